The van der Waals surface area contributed by atoms with Crippen molar-refractivity contribution in [3.8, 4) is 0 Å². The third kappa shape index (κ3) is 5.66. The maximum Gasteiger partial charge on any atom is 0.359 e. The van der Waals surface area contributed by atoms with Crippen molar-refractivity contribution >= 4 is 35.2 Å². The van der Waals surface area contributed by atoms with E-state index in [0.717, 1.165) is 36.8 Å². The Labute approximate surface area is 193 Å². The highest BCUT2D eigenvalue weighted by Crippen LogP contribution is 2.25. The second-order valence-electron chi connectivity index (χ2n) is 7.96. The number of esters is 1. The molecule has 1 aliphatic rings. The first-order valence-corrected chi connectivity index (χ1v) is 10.7. The molecular formula is C21H24ClF2N5O4. The highest BCUT2D eigenvalue weighted by molar-refractivity contribution is 6.34. The molecule has 1 aliphatic carbocycles. The van der Waals surface area contributed by atoms with E-state index in [-0.39, 0.29) is 28.2 Å². The van der Waals surface area contributed by atoms with Gasteiger partial charge in [0.1, 0.15) is 11.9 Å². The Morgan fingerprint density at radius 1 is 1.18 bits per heavy atom. The number of hydrogen-bond acceptors (Lipinski definition) is 6. The number of nitrogens with zero attached hydrogens (tertiary/aromatic N) is 3. The van der Waals surface area contributed by atoms with Gasteiger partial charge >= 0.3 is 5.97 Å². The van der Waals surface area contributed by atoms with Gasteiger partial charge in [0.2, 0.25) is 0 Å². The summed E-state index contributed by atoms with van der Waals surface area (Å²) in [6.07, 6.45) is 3.06. The summed E-state index contributed by atoms with van der Waals surface area (Å²) in [5.41, 5.74) is 4.99. The Morgan fingerprint density at radius 2 is 1.82 bits per heavy atom. The van der Waals surface area contributed by atoms with Crippen LogP contribution < -0.4 is 11.1 Å². The second-order valence-corrected chi connectivity index (χ2v) is 8.37. The lowest BCUT2D eigenvalue weighted by Crippen LogP contribution is -2.38. The highest BCUT2D eigenvalue weighted by Gasteiger charge is 2.29. The molecule has 12 heteroatoms. The molecule has 2 aromatic rings. The van der Waals surface area contributed by atoms with Crippen LogP contribution in [0, 0.1) is 11.6 Å². The molecule has 0 aliphatic heterocycles. The Hall–Kier alpha value is -3.05. The molecule has 33 heavy (non-hydrogen) atoms. The molecule has 9 nitrogen and oxygen atoms in total. The Bertz CT molecular complexity index is 1070. The van der Waals surface area contributed by atoms with Crippen LogP contribution in [0.5, 0.6) is 0 Å². The van der Waals surface area contributed by atoms with Crippen LogP contribution in [0.15, 0.2) is 18.2 Å². The van der Waals surface area contributed by atoms with Crippen LogP contribution in [-0.4, -0.2) is 52.7 Å². The zero-order valence-corrected chi connectivity index (χ0v) is 18.9. The number of primary amides is 1. The van der Waals surface area contributed by atoms with Gasteiger partial charge < -0.3 is 15.8 Å². The standard InChI is InChI=1S/C21H24ClF2N5O4/c1-28(2)20(18(25)30)29-17(26-19(31)12-8-14(23)15(24)9-13(12)22)10-16(27-29)21(32)33-11-6-4-3-5-7-11/h8-11,20H,3-7H2,1-2H3,(H2,25,30)(H,26,31). The van der Waals surface area contributed by atoms with Gasteiger partial charge in [0.15, 0.2) is 23.5 Å². The lowest BCUT2D eigenvalue weighted by molar-refractivity contribution is -0.125. The SMILES string of the molecule is CN(C)C(C(N)=O)n1nc(C(=O)OC2CCCCC2)cc1NC(=O)c1cc(F)c(F)cc1Cl. The number of carbonyl (C=O) groups excluding carboxylic acids is 3. The van der Waals surface area contributed by atoms with Gasteiger partial charge in [0.25, 0.3) is 11.8 Å². The normalized spacial score (nSPS) is 15.3. The molecule has 1 aromatic carbocycles. The molecule has 1 atom stereocenters. The lowest BCUT2D eigenvalue weighted by Gasteiger charge is -2.23. The molecule has 1 unspecified atom stereocenters. The van der Waals surface area contributed by atoms with Crippen molar-refractivity contribution in [2.75, 3.05) is 19.4 Å². The summed E-state index contributed by atoms with van der Waals surface area (Å²) in [5.74, 6) is -5.00. The number of amides is 2. The van der Waals surface area contributed by atoms with Crippen molar-refractivity contribution in [1.29, 1.82) is 0 Å². The fraction of sp³-hybridized carbons (Fsp3) is 0.429. The van der Waals surface area contributed by atoms with Crippen molar-refractivity contribution in [1.82, 2.24) is 14.7 Å². The molecular weight excluding hydrogens is 460 g/mol. The first kappa shape index (κ1) is 24.6. The summed E-state index contributed by atoms with van der Waals surface area (Å²) in [5, 5.41) is 6.24. The third-order valence-electron chi connectivity index (χ3n) is 5.24. The van der Waals surface area contributed by atoms with Gasteiger partial charge in [0.05, 0.1) is 10.6 Å². The molecule has 1 fully saturated rings. The highest BCUT2D eigenvalue weighted by atomic mass is 35.5. The maximum atomic E-state index is 13.6. The molecule has 2 amide bonds. The minimum atomic E-state index is -1.27. The summed E-state index contributed by atoms with van der Waals surface area (Å²) >= 11 is 5.88. The van der Waals surface area contributed by atoms with E-state index >= 15 is 0 Å². The summed E-state index contributed by atoms with van der Waals surface area (Å²) in [7, 11) is 3.10. The van der Waals surface area contributed by atoms with Crippen LogP contribution in [0.3, 0.4) is 0 Å². The fourth-order valence-electron chi connectivity index (χ4n) is 3.64. The number of nitrogens with one attached hydrogen (secondary N) is 1. The van der Waals surface area contributed by atoms with Crippen molar-refractivity contribution < 1.29 is 27.9 Å². The van der Waals surface area contributed by atoms with Crippen molar-refractivity contribution in [3.05, 3.63) is 46.1 Å². The number of rotatable bonds is 7. The third-order valence-corrected chi connectivity index (χ3v) is 5.55. The van der Waals surface area contributed by atoms with E-state index in [9.17, 15) is 23.2 Å². The van der Waals surface area contributed by atoms with Gasteiger partial charge in [-0.3, -0.25) is 14.5 Å². The molecule has 0 radical (unpaired) electrons. The zero-order valence-electron chi connectivity index (χ0n) is 18.1. The number of nitrogens with two attached hydrogens (primary N) is 1. The van der Waals surface area contributed by atoms with Crippen molar-refractivity contribution in [2.45, 2.75) is 44.4 Å². The minimum absolute atomic E-state index is 0.0890. The Morgan fingerprint density at radius 3 is 2.42 bits per heavy atom. The molecule has 178 valence electrons. The molecule has 3 rings (SSSR count). The average Bonchev–Trinajstić information content (AvgIpc) is 3.14. The zero-order chi connectivity index (χ0) is 24.3. The van der Waals surface area contributed by atoms with Crippen LogP contribution in [0.25, 0.3) is 0 Å². The molecule has 0 saturated heterocycles. The van der Waals surface area contributed by atoms with Crippen LogP contribution in [0.2, 0.25) is 5.02 Å². The van der Waals surface area contributed by atoms with E-state index in [1.54, 1.807) is 14.1 Å². The van der Waals surface area contributed by atoms with Crippen LogP contribution >= 0.6 is 11.6 Å². The lowest BCUT2D eigenvalue weighted by atomic mass is 9.98. The van der Waals surface area contributed by atoms with E-state index in [4.69, 9.17) is 22.1 Å². The fourth-order valence-corrected chi connectivity index (χ4v) is 3.88. The van der Waals surface area contributed by atoms with E-state index in [2.05, 4.69) is 10.4 Å². The smallest absolute Gasteiger partial charge is 0.359 e. The number of aromatic nitrogens is 2. The van der Waals surface area contributed by atoms with Gasteiger partial charge in [-0.05, 0) is 51.9 Å². The Kier molecular flexibility index (Phi) is 7.65. The number of anilines is 1. The maximum absolute atomic E-state index is 13.6. The largest absolute Gasteiger partial charge is 0.458 e. The molecule has 1 saturated carbocycles. The second kappa shape index (κ2) is 10.3. The molecule has 1 aromatic heterocycles. The predicted octanol–water partition coefficient (Wildman–Crippen LogP) is 3.10. The predicted molar refractivity (Wildman–Crippen MR) is 116 cm³/mol. The van der Waals surface area contributed by atoms with E-state index in [1.165, 1.54) is 11.0 Å². The van der Waals surface area contributed by atoms with E-state index in [0.29, 0.717) is 12.1 Å². The quantitative estimate of drug-likeness (QED) is 0.461. The summed E-state index contributed by atoms with van der Waals surface area (Å²) in [6, 6.07) is 2.53. The topological polar surface area (TPSA) is 120 Å². The number of likely N-dealkylation sites (N-methyl/N-ethyl adjacent to an activating group) is 1. The number of hydrogen-bond donors (Lipinski definition) is 2. The molecule has 0 spiro atoms. The van der Waals surface area contributed by atoms with Gasteiger partial charge in [-0.15, -0.1) is 0 Å². The van der Waals surface area contributed by atoms with Gasteiger partial charge in [-0.2, -0.15) is 5.10 Å². The van der Waals surface area contributed by atoms with Crippen molar-refractivity contribution in [2.24, 2.45) is 5.73 Å². The minimum Gasteiger partial charge on any atom is -0.458 e. The molecule has 3 N–H and O–H groups in total. The Balaban J connectivity index is 1.94. The van der Waals surface area contributed by atoms with Crippen LogP contribution in [0.4, 0.5) is 14.6 Å². The number of benzene rings is 1. The van der Waals surface area contributed by atoms with Gasteiger partial charge in [-0.25, -0.2) is 18.3 Å². The summed E-state index contributed by atoms with van der Waals surface area (Å²) in [6.45, 7) is 0. The first-order valence-electron chi connectivity index (χ1n) is 10.3. The van der Waals surface area contributed by atoms with Crippen LogP contribution in [-0.2, 0) is 9.53 Å². The van der Waals surface area contributed by atoms with E-state index in [1.807, 2.05) is 0 Å². The number of carbonyl (C=O) groups is 3. The summed E-state index contributed by atoms with van der Waals surface area (Å²) < 4.78 is 33.6. The monoisotopic (exact) mass is 483 g/mol. The molecule has 1 heterocycles. The van der Waals surface area contributed by atoms with Gasteiger partial charge in [-0.1, -0.05) is 18.0 Å². The molecule has 0 bridgehead atoms. The van der Waals surface area contributed by atoms with Gasteiger partial charge in [0, 0.05) is 6.07 Å². The summed E-state index contributed by atoms with van der Waals surface area (Å²) in [4.78, 5) is 38.9. The first-order chi connectivity index (χ1) is 15.6. The average molecular weight is 484 g/mol. The van der Waals surface area contributed by atoms with E-state index < -0.39 is 35.6 Å². The number of halogens is 3. The van der Waals surface area contributed by atoms with Crippen LogP contribution in [0.1, 0.15) is 59.1 Å². The van der Waals surface area contributed by atoms with Crippen molar-refractivity contribution in [3.63, 3.8) is 0 Å². The number of ether oxygens (including phenoxy) is 1.